The Morgan fingerprint density at radius 2 is 1.62 bits per heavy atom. The van der Waals surface area contributed by atoms with E-state index in [9.17, 15) is 0 Å². The van der Waals surface area contributed by atoms with Crippen molar-refractivity contribution in [2.75, 3.05) is 37.9 Å². The molecule has 0 radical (unpaired) electrons. The van der Waals surface area contributed by atoms with Crippen LogP contribution in [0.2, 0.25) is 0 Å². The van der Waals surface area contributed by atoms with Crippen molar-refractivity contribution >= 4 is 10.0 Å². The van der Waals surface area contributed by atoms with Gasteiger partial charge in [-0.15, -0.1) is 0 Å². The molecule has 13 heavy (non-hydrogen) atoms. The maximum Gasteiger partial charge on any atom is 0.147 e. The molecule has 0 unspecified atom stereocenters. The molecule has 0 aromatic rings. The molecule has 2 nitrogen and oxygen atoms in total. The van der Waals surface area contributed by atoms with E-state index in [1.807, 2.05) is 20.8 Å². The Morgan fingerprint density at radius 1 is 1.08 bits per heavy atom. The summed E-state index contributed by atoms with van der Waals surface area (Å²) in [6.45, 7) is 7.33. The van der Waals surface area contributed by atoms with E-state index >= 15 is 0 Å². The molecule has 0 aliphatic rings. The monoisotopic (exact) mass is 208 g/mol. The predicted octanol–water partition coefficient (Wildman–Crippen LogP) is 2.47. The van der Waals surface area contributed by atoms with Gasteiger partial charge < -0.3 is 9.47 Å². The molecule has 0 rings (SSSR count). The third-order valence-corrected chi connectivity index (χ3v) is 2.81. The molecule has 0 fully saturated rings. The smallest absolute Gasteiger partial charge is 0.147 e. The molecule has 0 amide bonds. The Labute approximate surface area is 84.3 Å². The maximum absolute atomic E-state index is 5.43. The van der Waals surface area contributed by atoms with Gasteiger partial charge in [0.1, 0.15) is 6.79 Å². The van der Waals surface area contributed by atoms with Gasteiger partial charge in [0.2, 0.25) is 0 Å². The van der Waals surface area contributed by atoms with Crippen molar-refractivity contribution in [3.05, 3.63) is 0 Å². The Balaban J connectivity index is 3.28. The lowest BCUT2D eigenvalue weighted by Crippen LogP contribution is -2.21. The largest absolute Gasteiger partial charge is 0.355 e. The van der Waals surface area contributed by atoms with Gasteiger partial charge in [-0.1, -0.05) is 0 Å². The van der Waals surface area contributed by atoms with Crippen LogP contribution in [-0.4, -0.2) is 43.5 Å². The molecule has 0 aliphatic carbocycles. The van der Waals surface area contributed by atoms with Crippen molar-refractivity contribution in [3.8, 4) is 0 Å². The number of hydrogen-bond donors (Lipinski definition) is 0. The second-order valence-corrected chi connectivity index (χ2v) is 9.67. The summed E-state index contributed by atoms with van der Waals surface area (Å²) in [6.07, 6.45) is 6.88. The fourth-order valence-corrected chi connectivity index (χ4v) is 1.20. The van der Waals surface area contributed by atoms with Crippen LogP contribution in [0.4, 0.5) is 0 Å². The van der Waals surface area contributed by atoms with E-state index in [1.54, 1.807) is 0 Å². The Hall–Kier alpha value is 0.270. The molecule has 0 N–H and O–H groups in total. The van der Waals surface area contributed by atoms with Crippen molar-refractivity contribution in [3.63, 3.8) is 0 Å². The zero-order valence-corrected chi connectivity index (χ0v) is 10.7. The van der Waals surface area contributed by atoms with Crippen LogP contribution in [0.15, 0.2) is 0 Å². The summed E-state index contributed by atoms with van der Waals surface area (Å²) in [4.78, 5) is 0. The first-order valence-corrected chi connectivity index (χ1v) is 7.61. The number of hydrogen-bond acceptors (Lipinski definition) is 2. The van der Waals surface area contributed by atoms with E-state index in [4.69, 9.17) is 9.47 Å². The molecule has 0 aliphatic heterocycles. The number of ether oxygens (including phenoxy) is 2. The molecule has 3 heteroatoms. The third-order valence-electron chi connectivity index (χ3n) is 1.42. The van der Waals surface area contributed by atoms with Crippen LogP contribution in [0.3, 0.4) is 0 Å². The zero-order valence-electron chi connectivity index (χ0n) is 9.85. The second kappa shape index (κ2) is 5.23. The average Bonchev–Trinajstić information content (AvgIpc) is 1.81. The summed E-state index contributed by atoms with van der Waals surface area (Å²) in [5.41, 5.74) is -0.0887. The van der Waals surface area contributed by atoms with Crippen molar-refractivity contribution in [2.45, 2.75) is 26.4 Å². The molecule has 0 saturated heterocycles. The standard InChI is InChI=1S/C10H24O2S/c1-10(2,3)12-9-11-7-8-13(4,5)6/h7-9H2,1-6H3. The van der Waals surface area contributed by atoms with Crippen molar-refractivity contribution in [1.82, 2.24) is 0 Å². The van der Waals surface area contributed by atoms with E-state index in [-0.39, 0.29) is 5.60 Å². The SMILES string of the molecule is CC(C)(C)OCOCCS(C)(C)C. The van der Waals surface area contributed by atoms with E-state index < -0.39 is 10.0 Å². The van der Waals surface area contributed by atoms with Crippen LogP contribution in [0.25, 0.3) is 0 Å². The van der Waals surface area contributed by atoms with E-state index in [0.717, 1.165) is 12.4 Å². The van der Waals surface area contributed by atoms with E-state index in [2.05, 4.69) is 18.8 Å². The quantitative estimate of drug-likeness (QED) is 0.510. The molecule has 82 valence electrons. The van der Waals surface area contributed by atoms with E-state index in [0.29, 0.717) is 6.79 Å². The van der Waals surface area contributed by atoms with Gasteiger partial charge in [0.15, 0.2) is 0 Å². The average molecular weight is 208 g/mol. The molecule has 0 aromatic heterocycles. The summed E-state index contributed by atoms with van der Waals surface area (Å²) in [5, 5.41) is 0. The van der Waals surface area contributed by atoms with Crippen LogP contribution in [0.1, 0.15) is 20.8 Å². The van der Waals surface area contributed by atoms with Crippen LogP contribution in [0.5, 0.6) is 0 Å². The van der Waals surface area contributed by atoms with Crippen LogP contribution in [-0.2, 0) is 9.47 Å². The lowest BCUT2D eigenvalue weighted by atomic mass is 10.2. The zero-order chi connectivity index (χ0) is 10.5. The first-order valence-electron chi connectivity index (χ1n) is 4.58. The first-order chi connectivity index (χ1) is 5.71. The number of rotatable bonds is 5. The van der Waals surface area contributed by atoms with E-state index in [1.165, 1.54) is 0 Å². The highest BCUT2D eigenvalue weighted by Gasteiger charge is 2.09. The summed E-state index contributed by atoms with van der Waals surface area (Å²) in [6, 6.07) is 0. The highest BCUT2D eigenvalue weighted by molar-refractivity contribution is 8.32. The molecule has 0 spiro atoms. The fourth-order valence-electron chi connectivity index (χ4n) is 0.586. The second-order valence-electron chi connectivity index (χ2n) is 5.08. The minimum Gasteiger partial charge on any atom is -0.355 e. The fraction of sp³-hybridized carbons (Fsp3) is 1.00. The summed E-state index contributed by atoms with van der Waals surface area (Å²) >= 11 is 0. The summed E-state index contributed by atoms with van der Waals surface area (Å²) < 4.78 is 10.8. The van der Waals surface area contributed by atoms with Gasteiger partial charge in [0.05, 0.1) is 12.2 Å². The molecular formula is C10H24O2S. The molecular weight excluding hydrogens is 184 g/mol. The van der Waals surface area contributed by atoms with Gasteiger partial charge in [-0.3, -0.25) is 0 Å². The maximum atomic E-state index is 5.43. The molecule has 0 atom stereocenters. The topological polar surface area (TPSA) is 18.5 Å². The van der Waals surface area contributed by atoms with Crippen molar-refractivity contribution in [2.24, 2.45) is 0 Å². The molecule has 0 heterocycles. The first kappa shape index (κ1) is 13.3. The van der Waals surface area contributed by atoms with Gasteiger partial charge in [0.25, 0.3) is 0 Å². The lowest BCUT2D eigenvalue weighted by Gasteiger charge is -2.25. The Kier molecular flexibility index (Phi) is 5.33. The lowest BCUT2D eigenvalue weighted by molar-refractivity contribution is -0.116. The Bertz CT molecular complexity index is 117. The Morgan fingerprint density at radius 3 is 2.00 bits per heavy atom. The van der Waals surface area contributed by atoms with Crippen LogP contribution in [0, 0.1) is 0 Å². The van der Waals surface area contributed by atoms with Gasteiger partial charge in [-0.05, 0) is 39.5 Å². The summed E-state index contributed by atoms with van der Waals surface area (Å²) in [5.74, 6) is 1.15. The minimum atomic E-state index is -0.421. The van der Waals surface area contributed by atoms with Gasteiger partial charge >= 0.3 is 0 Å². The minimum absolute atomic E-state index is 0.0887. The van der Waals surface area contributed by atoms with Gasteiger partial charge in [0, 0.05) is 5.75 Å². The highest BCUT2D eigenvalue weighted by atomic mass is 32.3. The van der Waals surface area contributed by atoms with Gasteiger partial charge in [-0.25, -0.2) is 10.0 Å². The van der Waals surface area contributed by atoms with Crippen molar-refractivity contribution in [1.29, 1.82) is 0 Å². The van der Waals surface area contributed by atoms with Gasteiger partial charge in [-0.2, -0.15) is 0 Å². The summed E-state index contributed by atoms with van der Waals surface area (Å²) in [7, 11) is -0.421. The van der Waals surface area contributed by atoms with Crippen LogP contribution >= 0.6 is 10.0 Å². The predicted molar refractivity (Wildman–Crippen MR) is 61.9 cm³/mol. The molecule has 0 bridgehead atoms. The van der Waals surface area contributed by atoms with Crippen molar-refractivity contribution < 1.29 is 9.47 Å². The highest BCUT2D eigenvalue weighted by Crippen LogP contribution is 2.33. The molecule has 0 saturated carbocycles. The molecule has 0 aromatic carbocycles. The van der Waals surface area contributed by atoms with Crippen LogP contribution < -0.4 is 0 Å². The third kappa shape index (κ3) is 12.3. The normalized spacial score (nSPS) is 14.6.